The van der Waals surface area contributed by atoms with Crippen molar-refractivity contribution in [3.63, 3.8) is 0 Å². The second-order valence-electron chi connectivity index (χ2n) is 3.62. The van der Waals surface area contributed by atoms with E-state index in [9.17, 15) is 4.79 Å². The van der Waals surface area contributed by atoms with Crippen molar-refractivity contribution in [3.05, 3.63) is 28.5 Å². The van der Waals surface area contributed by atoms with Crippen molar-refractivity contribution in [1.29, 1.82) is 5.26 Å². The Labute approximate surface area is 102 Å². The minimum absolute atomic E-state index is 0.170. The van der Waals surface area contributed by atoms with Gasteiger partial charge in [0.2, 0.25) is 0 Å². The first-order valence-electron chi connectivity index (χ1n) is 5.05. The molecule has 1 aliphatic heterocycles. The number of hydrogen-bond acceptors (Lipinski definition) is 3. The van der Waals surface area contributed by atoms with Gasteiger partial charge in [-0.25, -0.2) is 4.98 Å². The summed E-state index contributed by atoms with van der Waals surface area (Å²) < 4.78 is 0.670. The van der Waals surface area contributed by atoms with Crippen molar-refractivity contribution >= 4 is 21.8 Å². The number of aromatic nitrogens is 1. The summed E-state index contributed by atoms with van der Waals surface area (Å²) in [5.74, 6) is -0.170. The topological polar surface area (TPSA) is 57.0 Å². The van der Waals surface area contributed by atoms with E-state index >= 15 is 0 Å². The van der Waals surface area contributed by atoms with Crippen molar-refractivity contribution in [2.45, 2.75) is 18.9 Å². The monoisotopic (exact) mass is 279 g/mol. The molecule has 1 amide bonds. The van der Waals surface area contributed by atoms with Crippen LogP contribution in [0.1, 0.15) is 23.3 Å². The normalized spacial score (nSPS) is 19.5. The van der Waals surface area contributed by atoms with Crippen LogP contribution in [0.25, 0.3) is 0 Å². The van der Waals surface area contributed by atoms with Crippen LogP contribution in [0.2, 0.25) is 0 Å². The van der Waals surface area contributed by atoms with Gasteiger partial charge in [-0.3, -0.25) is 4.79 Å². The van der Waals surface area contributed by atoms with E-state index < -0.39 is 0 Å². The number of hydrogen-bond donors (Lipinski definition) is 0. The molecule has 2 rings (SSSR count). The summed E-state index contributed by atoms with van der Waals surface area (Å²) in [7, 11) is 0. The summed E-state index contributed by atoms with van der Waals surface area (Å²) in [4.78, 5) is 17.8. The summed E-state index contributed by atoms with van der Waals surface area (Å²) in [6.07, 6.45) is 3.22. The van der Waals surface area contributed by atoms with E-state index in [1.807, 2.05) is 0 Å². The molecule has 0 spiro atoms. The Morgan fingerprint density at radius 3 is 3.19 bits per heavy atom. The first-order chi connectivity index (χ1) is 7.74. The highest BCUT2D eigenvalue weighted by atomic mass is 79.9. The second kappa shape index (κ2) is 4.62. The molecule has 0 N–H and O–H groups in total. The van der Waals surface area contributed by atoms with E-state index in [0.29, 0.717) is 16.7 Å². The van der Waals surface area contributed by atoms with E-state index in [4.69, 9.17) is 5.26 Å². The minimum Gasteiger partial charge on any atom is -0.321 e. The molecule has 1 atom stereocenters. The molecule has 2 heterocycles. The average molecular weight is 280 g/mol. The zero-order valence-electron chi connectivity index (χ0n) is 8.56. The molecule has 0 bridgehead atoms. The molecule has 1 fully saturated rings. The highest BCUT2D eigenvalue weighted by molar-refractivity contribution is 9.10. The number of nitrogens with zero attached hydrogens (tertiary/aromatic N) is 3. The maximum atomic E-state index is 12.1. The molecular formula is C11H10BrN3O. The van der Waals surface area contributed by atoms with Crippen LogP contribution in [0.4, 0.5) is 0 Å². The molecule has 1 aromatic rings. The van der Waals surface area contributed by atoms with E-state index in [-0.39, 0.29) is 11.9 Å². The van der Waals surface area contributed by atoms with Crippen LogP contribution in [0.15, 0.2) is 22.8 Å². The van der Waals surface area contributed by atoms with Gasteiger partial charge in [0.05, 0.1) is 6.07 Å². The molecular weight excluding hydrogens is 270 g/mol. The van der Waals surface area contributed by atoms with Gasteiger partial charge >= 0.3 is 0 Å². The van der Waals surface area contributed by atoms with Gasteiger partial charge in [-0.15, -0.1) is 0 Å². The number of amides is 1. The highest BCUT2D eigenvalue weighted by Gasteiger charge is 2.30. The number of nitriles is 1. The number of carbonyl (C=O) groups excluding carboxylic acids is 1. The molecule has 1 aromatic heterocycles. The lowest BCUT2D eigenvalue weighted by atomic mass is 10.2. The Hall–Kier alpha value is -1.41. The lowest BCUT2D eigenvalue weighted by molar-refractivity contribution is 0.0758. The van der Waals surface area contributed by atoms with Crippen LogP contribution >= 0.6 is 15.9 Å². The lowest BCUT2D eigenvalue weighted by Crippen LogP contribution is -2.35. The molecule has 82 valence electrons. The Kier molecular flexibility index (Phi) is 3.20. The predicted octanol–water partition coefficient (Wildman–Crippen LogP) is 1.97. The largest absolute Gasteiger partial charge is 0.321 e. The lowest BCUT2D eigenvalue weighted by Gasteiger charge is -2.19. The Balaban J connectivity index is 2.26. The van der Waals surface area contributed by atoms with Crippen molar-refractivity contribution < 1.29 is 4.79 Å². The molecule has 1 aliphatic rings. The molecule has 4 nitrogen and oxygen atoms in total. The summed E-state index contributed by atoms with van der Waals surface area (Å²) in [6, 6.07) is 5.37. The summed E-state index contributed by atoms with van der Waals surface area (Å²) in [6.45, 7) is 0.639. The summed E-state index contributed by atoms with van der Waals surface area (Å²) in [5.41, 5.74) is 0.379. The van der Waals surface area contributed by atoms with E-state index in [2.05, 4.69) is 27.0 Å². The maximum Gasteiger partial charge on any atom is 0.274 e. The standard InChI is InChI=1S/C11H10BrN3O/c12-9-4-1-5-14-10(9)11(16)15-6-2-3-8(15)7-13/h1,4-5,8H,2-3,6H2. The number of halogens is 1. The fraction of sp³-hybridized carbons (Fsp3) is 0.364. The number of pyridine rings is 1. The van der Waals surface area contributed by atoms with Gasteiger partial charge in [0.25, 0.3) is 5.91 Å². The third kappa shape index (κ3) is 1.93. The SMILES string of the molecule is N#CC1CCCN1C(=O)c1ncccc1Br. The Morgan fingerprint density at radius 2 is 2.50 bits per heavy atom. The van der Waals surface area contributed by atoms with Crippen LogP contribution < -0.4 is 0 Å². The minimum atomic E-state index is -0.304. The van der Waals surface area contributed by atoms with Crippen LogP contribution in [0.5, 0.6) is 0 Å². The van der Waals surface area contributed by atoms with Crippen molar-refractivity contribution in [2.75, 3.05) is 6.54 Å². The third-order valence-electron chi connectivity index (χ3n) is 2.62. The quantitative estimate of drug-likeness (QED) is 0.790. The van der Waals surface area contributed by atoms with Gasteiger partial charge in [-0.1, -0.05) is 0 Å². The van der Waals surface area contributed by atoms with Crippen LogP contribution in [0.3, 0.4) is 0 Å². The van der Waals surface area contributed by atoms with E-state index in [1.165, 1.54) is 0 Å². The number of rotatable bonds is 1. The van der Waals surface area contributed by atoms with Crippen LogP contribution in [0, 0.1) is 11.3 Å². The second-order valence-corrected chi connectivity index (χ2v) is 4.47. The Morgan fingerprint density at radius 1 is 1.69 bits per heavy atom. The smallest absolute Gasteiger partial charge is 0.274 e. The first kappa shape index (κ1) is 11.1. The zero-order valence-corrected chi connectivity index (χ0v) is 10.1. The first-order valence-corrected chi connectivity index (χ1v) is 5.84. The molecule has 1 unspecified atom stereocenters. The molecule has 0 saturated carbocycles. The Bertz CT molecular complexity index is 455. The molecule has 5 heteroatoms. The van der Waals surface area contributed by atoms with Crippen molar-refractivity contribution in [1.82, 2.24) is 9.88 Å². The molecule has 0 aromatic carbocycles. The molecule has 0 radical (unpaired) electrons. The van der Waals surface area contributed by atoms with Gasteiger partial charge in [0, 0.05) is 17.2 Å². The van der Waals surface area contributed by atoms with Gasteiger partial charge < -0.3 is 4.90 Å². The van der Waals surface area contributed by atoms with Gasteiger partial charge in [0.15, 0.2) is 0 Å². The number of carbonyl (C=O) groups is 1. The maximum absolute atomic E-state index is 12.1. The summed E-state index contributed by atoms with van der Waals surface area (Å²) >= 11 is 3.29. The zero-order chi connectivity index (χ0) is 11.5. The molecule has 16 heavy (non-hydrogen) atoms. The average Bonchev–Trinajstić information content (AvgIpc) is 2.77. The fourth-order valence-electron chi connectivity index (χ4n) is 1.82. The third-order valence-corrected chi connectivity index (χ3v) is 3.26. The predicted molar refractivity (Wildman–Crippen MR) is 61.6 cm³/mol. The van der Waals surface area contributed by atoms with Crippen LogP contribution in [-0.4, -0.2) is 28.4 Å². The number of likely N-dealkylation sites (tertiary alicyclic amines) is 1. The van der Waals surface area contributed by atoms with E-state index in [1.54, 1.807) is 23.2 Å². The van der Waals surface area contributed by atoms with Gasteiger partial charge in [0.1, 0.15) is 11.7 Å². The fourth-order valence-corrected chi connectivity index (χ4v) is 2.25. The van der Waals surface area contributed by atoms with Gasteiger partial charge in [-0.05, 0) is 40.9 Å². The van der Waals surface area contributed by atoms with E-state index in [0.717, 1.165) is 12.8 Å². The van der Waals surface area contributed by atoms with Crippen molar-refractivity contribution in [2.24, 2.45) is 0 Å². The highest BCUT2D eigenvalue weighted by Crippen LogP contribution is 2.22. The molecule has 0 aliphatic carbocycles. The molecule has 1 saturated heterocycles. The van der Waals surface area contributed by atoms with Crippen molar-refractivity contribution in [3.8, 4) is 6.07 Å². The van der Waals surface area contributed by atoms with Crippen LogP contribution in [-0.2, 0) is 0 Å². The summed E-state index contributed by atoms with van der Waals surface area (Å²) in [5, 5.41) is 8.93. The van der Waals surface area contributed by atoms with Gasteiger partial charge in [-0.2, -0.15) is 5.26 Å².